The van der Waals surface area contributed by atoms with Crippen molar-refractivity contribution in [3.63, 3.8) is 0 Å². The monoisotopic (exact) mass is 422 g/mol. The summed E-state index contributed by atoms with van der Waals surface area (Å²) in [5.74, 6) is 0.945. The minimum absolute atomic E-state index is 0.135. The second kappa shape index (κ2) is 9.55. The van der Waals surface area contributed by atoms with E-state index in [4.69, 9.17) is 4.98 Å². The molecule has 0 bridgehead atoms. The SMILES string of the molecule is CCCn1c(CN(CCO)C2CCCCC2)nc2cc(S(=O)(=O)N(C)C)ccc21. The van der Waals surface area contributed by atoms with Gasteiger partial charge in [-0.15, -0.1) is 0 Å². The molecule has 1 aliphatic rings. The lowest BCUT2D eigenvalue weighted by atomic mass is 9.94. The Bertz CT molecular complexity index is 917. The van der Waals surface area contributed by atoms with Crippen molar-refractivity contribution >= 4 is 21.1 Å². The third-order valence-corrected chi connectivity index (χ3v) is 7.66. The summed E-state index contributed by atoms with van der Waals surface area (Å²) < 4.78 is 28.5. The average molecular weight is 423 g/mol. The minimum atomic E-state index is -3.49. The van der Waals surface area contributed by atoms with Gasteiger partial charge in [-0.25, -0.2) is 17.7 Å². The highest BCUT2D eigenvalue weighted by molar-refractivity contribution is 7.89. The van der Waals surface area contributed by atoms with Gasteiger partial charge in [0.25, 0.3) is 0 Å². The highest BCUT2D eigenvalue weighted by atomic mass is 32.2. The summed E-state index contributed by atoms with van der Waals surface area (Å²) in [5, 5.41) is 9.60. The maximum atomic E-state index is 12.5. The summed E-state index contributed by atoms with van der Waals surface area (Å²) in [5.41, 5.74) is 1.68. The molecule has 162 valence electrons. The van der Waals surface area contributed by atoms with Gasteiger partial charge in [0.05, 0.1) is 29.1 Å². The molecule has 0 unspecified atom stereocenters. The topological polar surface area (TPSA) is 78.7 Å². The summed E-state index contributed by atoms with van der Waals surface area (Å²) in [6, 6.07) is 5.70. The molecule has 0 spiro atoms. The normalized spacial score (nSPS) is 16.3. The Morgan fingerprint density at radius 2 is 1.93 bits per heavy atom. The van der Waals surface area contributed by atoms with Crippen LogP contribution >= 0.6 is 0 Å². The molecule has 1 heterocycles. The van der Waals surface area contributed by atoms with E-state index in [0.717, 1.165) is 24.3 Å². The predicted molar refractivity (Wildman–Crippen MR) is 115 cm³/mol. The van der Waals surface area contributed by atoms with Gasteiger partial charge in [-0.3, -0.25) is 4.90 Å². The van der Waals surface area contributed by atoms with Crippen molar-refractivity contribution in [2.75, 3.05) is 27.2 Å². The fourth-order valence-corrected chi connectivity index (χ4v) is 5.19. The molecule has 0 atom stereocenters. The molecule has 1 aromatic carbocycles. The maximum Gasteiger partial charge on any atom is 0.242 e. The lowest BCUT2D eigenvalue weighted by Crippen LogP contribution is -2.39. The van der Waals surface area contributed by atoms with Gasteiger partial charge in [0, 0.05) is 33.2 Å². The van der Waals surface area contributed by atoms with Gasteiger partial charge in [-0.1, -0.05) is 26.2 Å². The van der Waals surface area contributed by atoms with Crippen molar-refractivity contribution in [1.82, 2.24) is 18.8 Å². The second-order valence-corrected chi connectivity index (χ2v) is 10.3. The van der Waals surface area contributed by atoms with Crippen LogP contribution in [0.1, 0.15) is 51.3 Å². The molecule has 7 nitrogen and oxygen atoms in total. The second-order valence-electron chi connectivity index (χ2n) is 8.10. The van der Waals surface area contributed by atoms with E-state index >= 15 is 0 Å². The number of sulfonamides is 1. The van der Waals surface area contributed by atoms with Gasteiger partial charge >= 0.3 is 0 Å². The van der Waals surface area contributed by atoms with E-state index in [9.17, 15) is 13.5 Å². The number of rotatable bonds is 9. The number of hydrogen-bond donors (Lipinski definition) is 1. The van der Waals surface area contributed by atoms with Crippen LogP contribution in [-0.2, 0) is 23.1 Å². The lowest BCUT2D eigenvalue weighted by Gasteiger charge is -2.33. The van der Waals surface area contributed by atoms with E-state index in [1.54, 1.807) is 12.1 Å². The number of aryl methyl sites for hydroxylation is 1. The van der Waals surface area contributed by atoms with Crippen LogP contribution in [0.5, 0.6) is 0 Å². The first-order valence-electron chi connectivity index (χ1n) is 10.6. The number of aliphatic hydroxyl groups is 1. The zero-order chi connectivity index (χ0) is 21.0. The fraction of sp³-hybridized carbons (Fsp3) is 0.667. The fourth-order valence-electron chi connectivity index (χ4n) is 4.27. The van der Waals surface area contributed by atoms with Crippen molar-refractivity contribution in [1.29, 1.82) is 0 Å². The zero-order valence-electron chi connectivity index (χ0n) is 17.8. The summed E-state index contributed by atoms with van der Waals surface area (Å²) >= 11 is 0. The number of aliphatic hydroxyl groups excluding tert-OH is 1. The summed E-state index contributed by atoms with van der Waals surface area (Å²) in [6.45, 7) is 4.42. The molecule has 2 aromatic rings. The van der Waals surface area contributed by atoms with Crippen molar-refractivity contribution in [2.45, 2.75) is 69.5 Å². The van der Waals surface area contributed by atoms with Crippen LogP contribution in [0.4, 0.5) is 0 Å². The van der Waals surface area contributed by atoms with Crippen LogP contribution in [0.25, 0.3) is 11.0 Å². The first kappa shape index (κ1) is 22.2. The quantitative estimate of drug-likeness (QED) is 0.672. The molecule has 1 aromatic heterocycles. The number of hydrogen-bond acceptors (Lipinski definition) is 5. The first-order valence-corrected chi connectivity index (χ1v) is 12.1. The van der Waals surface area contributed by atoms with Gasteiger partial charge in [0.15, 0.2) is 0 Å². The molecule has 0 radical (unpaired) electrons. The summed E-state index contributed by atoms with van der Waals surface area (Å²) in [7, 11) is -0.414. The van der Waals surface area contributed by atoms with Crippen LogP contribution in [-0.4, -0.2) is 65.6 Å². The molecule has 1 aliphatic carbocycles. The van der Waals surface area contributed by atoms with Gasteiger partial charge in [-0.2, -0.15) is 0 Å². The van der Waals surface area contributed by atoms with Crippen LogP contribution in [0.15, 0.2) is 23.1 Å². The van der Waals surface area contributed by atoms with Crippen molar-refractivity contribution in [2.24, 2.45) is 0 Å². The molecule has 3 rings (SSSR count). The third kappa shape index (κ3) is 4.82. The van der Waals surface area contributed by atoms with Gasteiger partial charge < -0.3 is 9.67 Å². The molecule has 0 amide bonds. The van der Waals surface area contributed by atoms with Crippen molar-refractivity contribution in [3.05, 3.63) is 24.0 Å². The lowest BCUT2D eigenvalue weighted by molar-refractivity contribution is 0.113. The number of fused-ring (bicyclic) bond motifs is 1. The minimum Gasteiger partial charge on any atom is -0.395 e. The zero-order valence-corrected chi connectivity index (χ0v) is 18.7. The summed E-state index contributed by atoms with van der Waals surface area (Å²) in [4.78, 5) is 7.46. The van der Waals surface area contributed by atoms with Crippen LogP contribution < -0.4 is 0 Å². The van der Waals surface area contributed by atoms with E-state index in [-0.39, 0.29) is 11.5 Å². The smallest absolute Gasteiger partial charge is 0.242 e. The van der Waals surface area contributed by atoms with Crippen LogP contribution in [0.2, 0.25) is 0 Å². The predicted octanol–water partition coefficient (Wildman–Crippen LogP) is 2.82. The Labute approximate surface area is 174 Å². The molecule has 0 aliphatic heterocycles. The maximum absolute atomic E-state index is 12.5. The standard InChI is InChI=1S/C21H34N4O3S/c1-4-12-25-20-11-10-18(29(27,28)23(2)3)15-19(20)22-21(25)16-24(13-14-26)17-8-6-5-7-9-17/h10-11,15,17,26H,4-9,12-14,16H2,1-3H3. The largest absolute Gasteiger partial charge is 0.395 e. The van der Waals surface area contributed by atoms with Crippen molar-refractivity contribution < 1.29 is 13.5 Å². The van der Waals surface area contributed by atoms with Gasteiger partial charge in [0.2, 0.25) is 10.0 Å². The van der Waals surface area contributed by atoms with Crippen LogP contribution in [0.3, 0.4) is 0 Å². The molecule has 1 fully saturated rings. The Kier molecular flexibility index (Phi) is 7.32. The Hall–Kier alpha value is -1.48. The molecule has 8 heteroatoms. The van der Waals surface area contributed by atoms with E-state index < -0.39 is 10.0 Å². The van der Waals surface area contributed by atoms with E-state index in [2.05, 4.69) is 16.4 Å². The first-order chi connectivity index (χ1) is 13.9. The number of nitrogens with zero attached hydrogens (tertiary/aromatic N) is 4. The number of aromatic nitrogens is 2. The Balaban J connectivity index is 1.98. The van der Waals surface area contributed by atoms with Crippen molar-refractivity contribution in [3.8, 4) is 0 Å². The van der Waals surface area contributed by atoms with Gasteiger partial charge in [-0.05, 0) is 37.5 Å². The van der Waals surface area contributed by atoms with E-state index in [1.165, 1.54) is 50.5 Å². The average Bonchev–Trinajstić information content (AvgIpc) is 3.05. The molecule has 29 heavy (non-hydrogen) atoms. The highest BCUT2D eigenvalue weighted by Gasteiger charge is 2.24. The molecular weight excluding hydrogens is 388 g/mol. The van der Waals surface area contributed by atoms with Crippen LogP contribution in [0, 0.1) is 0 Å². The third-order valence-electron chi connectivity index (χ3n) is 5.85. The van der Waals surface area contributed by atoms with Gasteiger partial charge in [0.1, 0.15) is 5.82 Å². The van der Waals surface area contributed by atoms with E-state index in [0.29, 0.717) is 24.6 Å². The van der Waals surface area contributed by atoms with E-state index in [1.807, 2.05) is 6.07 Å². The number of imidazole rings is 1. The molecular formula is C21H34N4O3S. The Morgan fingerprint density at radius 1 is 1.21 bits per heavy atom. The summed E-state index contributed by atoms with van der Waals surface area (Å²) in [6.07, 6.45) is 7.08. The number of benzene rings is 1. The molecule has 1 N–H and O–H groups in total. The highest BCUT2D eigenvalue weighted by Crippen LogP contribution is 2.26. The Morgan fingerprint density at radius 3 is 2.55 bits per heavy atom. The molecule has 0 saturated heterocycles. The molecule has 1 saturated carbocycles.